The zero-order valence-electron chi connectivity index (χ0n) is 20.2. The molecule has 0 unspecified atom stereocenters. The molecule has 0 radical (unpaired) electrons. The molecule has 0 saturated heterocycles. The molecule has 1 amide bonds. The standard InChI is InChI=1S/C26H35N3O3S/c1-20(2)16-28(18-23-12-9-15-27(23)5)26(30)19-29(17-21(3)4)33(31,32)25-14-8-11-22-10-6-7-13-24(22)25/h6-15,20-21H,16-19H2,1-5H3. The predicted molar refractivity (Wildman–Crippen MR) is 133 cm³/mol. The Balaban J connectivity index is 1.94. The molecule has 3 rings (SSSR count). The number of amides is 1. The van der Waals surface area contributed by atoms with E-state index in [1.54, 1.807) is 17.0 Å². The van der Waals surface area contributed by atoms with Gasteiger partial charge in [0, 0.05) is 37.4 Å². The van der Waals surface area contributed by atoms with Gasteiger partial charge in [-0.3, -0.25) is 4.79 Å². The number of sulfonamides is 1. The maximum Gasteiger partial charge on any atom is 0.244 e. The molecule has 3 aromatic rings. The summed E-state index contributed by atoms with van der Waals surface area (Å²) in [6.07, 6.45) is 1.95. The lowest BCUT2D eigenvalue weighted by Crippen LogP contribution is -2.45. The second kappa shape index (κ2) is 10.5. The van der Waals surface area contributed by atoms with Crippen molar-refractivity contribution in [1.82, 2.24) is 13.8 Å². The van der Waals surface area contributed by atoms with E-state index in [1.807, 2.05) is 74.1 Å². The first kappa shape index (κ1) is 25.0. The van der Waals surface area contributed by atoms with Crippen LogP contribution in [0.15, 0.2) is 65.7 Å². The molecule has 0 spiro atoms. The van der Waals surface area contributed by atoms with E-state index in [0.29, 0.717) is 18.5 Å². The molecule has 0 aliphatic rings. The second-order valence-electron chi connectivity index (χ2n) is 9.45. The zero-order valence-corrected chi connectivity index (χ0v) is 21.0. The van der Waals surface area contributed by atoms with Crippen LogP contribution in [-0.2, 0) is 28.4 Å². The monoisotopic (exact) mass is 469 g/mol. The van der Waals surface area contributed by atoms with E-state index in [2.05, 4.69) is 13.8 Å². The number of benzene rings is 2. The molecule has 1 heterocycles. The Kier molecular flexibility index (Phi) is 7.97. The number of aromatic nitrogens is 1. The lowest BCUT2D eigenvalue weighted by molar-refractivity contribution is -0.132. The summed E-state index contributed by atoms with van der Waals surface area (Å²) >= 11 is 0. The van der Waals surface area contributed by atoms with Crippen LogP contribution in [0.4, 0.5) is 0 Å². The number of carbonyl (C=O) groups is 1. The van der Waals surface area contributed by atoms with Crippen LogP contribution >= 0.6 is 0 Å². The predicted octanol–water partition coefficient (Wildman–Crippen LogP) is 4.51. The number of hydrogen-bond acceptors (Lipinski definition) is 3. The number of rotatable bonds is 10. The Morgan fingerprint density at radius 3 is 2.21 bits per heavy atom. The van der Waals surface area contributed by atoms with Gasteiger partial charge >= 0.3 is 0 Å². The minimum atomic E-state index is -3.87. The number of fused-ring (bicyclic) bond motifs is 1. The minimum absolute atomic E-state index is 0.0778. The molecule has 0 atom stereocenters. The van der Waals surface area contributed by atoms with Gasteiger partial charge in [-0.25, -0.2) is 8.42 Å². The van der Waals surface area contributed by atoms with Gasteiger partial charge in [-0.15, -0.1) is 0 Å². The van der Waals surface area contributed by atoms with Gasteiger partial charge in [0.2, 0.25) is 15.9 Å². The third kappa shape index (κ3) is 6.03. The fourth-order valence-corrected chi connectivity index (χ4v) is 5.78. The summed E-state index contributed by atoms with van der Waals surface area (Å²) in [5.74, 6) is 0.158. The van der Waals surface area contributed by atoms with Crippen molar-refractivity contribution in [2.75, 3.05) is 19.6 Å². The molecule has 0 aliphatic heterocycles. The largest absolute Gasteiger partial charge is 0.353 e. The molecule has 178 valence electrons. The summed E-state index contributed by atoms with van der Waals surface area (Å²) in [6.45, 7) is 9.15. The first-order chi connectivity index (χ1) is 15.6. The van der Waals surface area contributed by atoms with Crippen LogP contribution in [0, 0.1) is 11.8 Å². The normalized spacial score (nSPS) is 12.2. The first-order valence-corrected chi connectivity index (χ1v) is 12.9. The fourth-order valence-electron chi connectivity index (χ4n) is 4.02. The SMILES string of the molecule is CC(C)CN(Cc1cccn1C)C(=O)CN(CC(C)C)S(=O)(=O)c1cccc2ccccc12. The van der Waals surface area contributed by atoms with E-state index in [4.69, 9.17) is 0 Å². The van der Waals surface area contributed by atoms with Crippen LogP contribution in [0.2, 0.25) is 0 Å². The molecule has 0 fully saturated rings. The Morgan fingerprint density at radius 1 is 0.909 bits per heavy atom. The maximum absolute atomic E-state index is 13.8. The van der Waals surface area contributed by atoms with Crippen molar-refractivity contribution in [3.63, 3.8) is 0 Å². The van der Waals surface area contributed by atoms with Crippen molar-refractivity contribution in [2.45, 2.75) is 39.1 Å². The maximum atomic E-state index is 13.8. The molecule has 0 N–H and O–H groups in total. The number of carbonyl (C=O) groups excluding carboxylic acids is 1. The third-order valence-corrected chi connectivity index (χ3v) is 7.46. The Morgan fingerprint density at radius 2 is 1.58 bits per heavy atom. The Labute approximate surface area is 197 Å². The van der Waals surface area contributed by atoms with Gasteiger partial charge in [0.15, 0.2) is 0 Å². The summed E-state index contributed by atoms with van der Waals surface area (Å²) in [7, 11) is -1.92. The van der Waals surface area contributed by atoms with E-state index >= 15 is 0 Å². The van der Waals surface area contributed by atoms with Crippen LogP contribution in [-0.4, -0.2) is 47.7 Å². The van der Waals surface area contributed by atoms with Crippen LogP contribution in [0.1, 0.15) is 33.4 Å². The highest BCUT2D eigenvalue weighted by molar-refractivity contribution is 7.89. The molecule has 1 aromatic heterocycles. The number of aryl methyl sites for hydroxylation is 1. The summed E-state index contributed by atoms with van der Waals surface area (Å²) < 4.78 is 30.9. The summed E-state index contributed by atoms with van der Waals surface area (Å²) in [5, 5.41) is 1.53. The molecule has 6 nitrogen and oxygen atoms in total. The quantitative estimate of drug-likeness (QED) is 0.439. The second-order valence-corrected chi connectivity index (χ2v) is 11.4. The molecule has 0 bridgehead atoms. The molecular weight excluding hydrogens is 434 g/mol. The molecule has 7 heteroatoms. The average Bonchev–Trinajstić information content (AvgIpc) is 3.16. The van der Waals surface area contributed by atoms with Crippen LogP contribution < -0.4 is 0 Å². The van der Waals surface area contributed by atoms with E-state index in [0.717, 1.165) is 11.1 Å². The van der Waals surface area contributed by atoms with E-state index in [1.165, 1.54) is 4.31 Å². The van der Waals surface area contributed by atoms with Gasteiger partial charge in [0.05, 0.1) is 18.0 Å². The van der Waals surface area contributed by atoms with Crippen molar-refractivity contribution in [3.05, 3.63) is 66.5 Å². The van der Waals surface area contributed by atoms with Gasteiger partial charge < -0.3 is 9.47 Å². The van der Waals surface area contributed by atoms with Gasteiger partial charge in [0.25, 0.3) is 0 Å². The van der Waals surface area contributed by atoms with Crippen molar-refractivity contribution in [2.24, 2.45) is 18.9 Å². The summed E-state index contributed by atoms with van der Waals surface area (Å²) in [4.78, 5) is 15.5. The minimum Gasteiger partial charge on any atom is -0.353 e. The van der Waals surface area contributed by atoms with Crippen molar-refractivity contribution in [1.29, 1.82) is 0 Å². The van der Waals surface area contributed by atoms with Gasteiger partial charge in [-0.1, -0.05) is 64.1 Å². The molecular formula is C26H35N3O3S. The van der Waals surface area contributed by atoms with E-state index in [-0.39, 0.29) is 35.7 Å². The summed E-state index contributed by atoms with van der Waals surface area (Å²) in [5.41, 5.74) is 1.01. The highest BCUT2D eigenvalue weighted by atomic mass is 32.2. The lowest BCUT2D eigenvalue weighted by Gasteiger charge is -2.29. The zero-order chi connectivity index (χ0) is 24.2. The summed E-state index contributed by atoms with van der Waals surface area (Å²) in [6, 6.07) is 16.7. The lowest BCUT2D eigenvalue weighted by atomic mass is 10.1. The smallest absolute Gasteiger partial charge is 0.244 e. The van der Waals surface area contributed by atoms with E-state index < -0.39 is 10.0 Å². The van der Waals surface area contributed by atoms with E-state index in [9.17, 15) is 13.2 Å². The molecule has 0 saturated carbocycles. The molecule has 33 heavy (non-hydrogen) atoms. The van der Waals surface area contributed by atoms with Crippen LogP contribution in [0.5, 0.6) is 0 Å². The highest BCUT2D eigenvalue weighted by Gasteiger charge is 2.30. The highest BCUT2D eigenvalue weighted by Crippen LogP contribution is 2.26. The first-order valence-electron chi connectivity index (χ1n) is 11.5. The van der Waals surface area contributed by atoms with Gasteiger partial charge in [0.1, 0.15) is 0 Å². The molecule has 0 aliphatic carbocycles. The average molecular weight is 470 g/mol. The molecule has 2 aromatic carbocycles. The van der Waals surface area contributed by atoms with Crippen molar-refractivity contribution >= 4 is 26.7 Å². The Bertz CT molecular complexity index is 1190. The van der Waals surface area contributed by atoms with Crippen molar-refractivity contribution in [3.8, 4) is 0 Å². The van der Waals surface area contributed by atoms with Gasteiger partial charge in [-0.2, -0.15) is 4.31 Å². The third-order valence-electron chi connectivity index (χ3n) is 5.59. The van der Waals surface area contributed by atoms with Crippen molar-refractivity contribution < 1.29 is 13.2 Å². The van der Waals surface area contributed by atoms with Crippen LogP contribution in [0.3, 0.4) is 0 Å². The number of nitrogens with zero attached hydrogens (tertiary/aromatic N) is 3. The fraction of sp³-hybridized carbons (Fsp3) is 0.423. The van der Waals surface area contributed by atoms with Crippen LogP contribution in [0.25, 0.3) is 10.8 Å². The number of hydrogen-bond donors (Lipinski definition) is 0. The Hall–Kier alpha value is -2.64. The topological polar surface area (TPSA) is 62.6 Å². The van der Waals surface area contributed by atoms with Gasteiger partial charge in [-0.05, 0) is 35.4 Å².